The first kappa shape index (κ1) is 23.9. The van der Waals surface area contributed by atoms with Crippen LogP contribution in [0.2, 0.25) is 4.34 Å². The second-order valence-electron chi connectivity index (χ2n) is 7.31. The molecule has 1 aromatic heterocycles. The minimum Gasteiger partial charge on any atom is -0.487 e. The van der Waals surface area contributed by atoms with Gasteiger partial charge in [0.15, 0.2) is 11.6 Å². The molecule has 0 atom stereocenters. The van der Waals surface area contributed by atoms with E-state index in [4.69, 9.17) is 21.4 Å². The number of nitrogens with one attached hydrogen (secondary N) is 2. The molecule has 1 saturated carbocycles. The molecule has 3 N–H and O–H groups in total. The first-order chi connectivity index (χ1) is 15.2. The van der Waals surface area contributed by atoms with Crippen LogP contribution in [0.1, 0.15) is 45.7 Å². The van der Waals surface area contributed by atoms with E-state index in [1.54, 1.807) is 12.1 Å². The molecule has 0 aliphatic heterocycles. The lowest BCUT2D eigenvalue weighted by Gasteiger charge is -2.27. The molecule has 1 aliphatic carbocycles. The molecule has 11 heteroatoms. The summed E-state index contributed by atoms with van der Waals surface area (Å²) >= 11 is 6.88. The van der Waals surface area contributed by atoms with Crippen LogP contribution in [0.15, 0.2) is 24.3 Å². The normalized spacial score (nSPS) is 18.1. The van der Waals surface area contributed by atoms with Crippen LogP contribution in [0.5, 0.6) is 5.75 Å². The number of hydrogen-bond acceptors (Lipinski definition) is 5. The van der Waals surface area contributed by atoms with Gasteiger partial charge in [-0.15, -0.1) is 11.3 Å². The maximum Gasteiger partial charge on any atom is 0.306 e. The molecule has 0 unspecified atom stereocenters. The Bertz CT molecular complexity index is 1010. The third-order valence-corrected chi connectivity index (χ3v) is 6.31. The van der Waals surface area contributed by atoms with Crippen molar-refractivity contribution in [3.8, 4) is 5.75 Å². The number of amides is 2. The van der Waals surface area contributed by atoms with Gasteiger partial charge in [0.2, 0.25) is 0 Å². The second kappa shape index (κ2) is 10.7. The molecule has 2 amide bonds. The number of thiophene rings is 1. The van der Waals surface area contributed by atoms with Crippen LogP contribution in [0.25, 0.3) is 0 Å². The van der Waals surface area contributed by atoms with Crippen LogP contribution in [-0.4, -0.2) is 42.1 Å². The highest BCUT2D eigenvalue weighted by molar-refractivity contribution is 7.17. The lowest BCUT2D eigenvalue weighted by atomic mass is 9.87. The second-order valence-corrected chi connectivity index (χ2v) is 9.02. The molecule has 172 valence electrons. The Morgan fingerprint density at radius 2 is 1.69 bits per heavy atom. The Kier molecular flexibility index (Phi) is 8.03. The molecule has 1 heterocycles. The SMILES string of the molecule is O=C(NCCNC(=O)c1cc(F)c(OC2CCC(C(=O)O)CC2)cc1F)c1ccc(Cl)s1. The summed E-state index contributed by atoms with van der Waals surface area (Å²) in [5.74, 6) is -4.66. The van der Waals surface area contributed by atoms with Gasteiger partial charge in [0.05, 0.1) is 26.8 Å². The number of hydrogen-bond donors (Lipinski definition) is 3. The molecule has 1 aliphatic rings. The summed E-state index contributed by atoms with van der Waals surface area (Å²) in [6.07, 6.45) is 1.23. The van der Waals surface area contributed by atoms with Crippen LogP contribution in [0.4, 0.5) is 8.78 Å². The van der Waals surface area contributed by atoms with E-state index >= 15 is 0 Å². The van der Waals surface area contributed by atoms with Crippen LogP contribution in [0, 0.1) is 17.6 Å². The van der Waals surface area contributed by atoms with Crippen LogP contribution < -0.4 is 15.4 Å². The quantitative estimate of drug-likeness (QED) is 0.491. The van der Waals surface area contributed by atoms with E-state index in [2.05, 4.69) is 10.6 Å². The summed E-state index contributed by atoms with van der Waals surface area (Å²) in [5, 5.41) is 14.0. The monoisotopic (exact) mass is 486 g/mol. The molecule has 7 nitrogen and oxygen atoms in total. The number of benzene rings is 1. The fraction of sp³-hybridized carbons (Fsp3) is 0.381. The first-order valence-electron chi connectivity index (χ1n) is 9.95. The number of carbonyl (C=O) groups is 3. The zero-order valence-electron chi connectivity index (χ0n) is 16.8. The molecule has 0 spiro atoms. The van der Waals surface area contributed by atoms with E-state index in [0.717, 1.165) is 23.5 Å². The average molecular weight is 487 g/mol. The lowest BCUT2D eigenvalue weighted by molar-refractivity contribution is -0.143. The third kappa shape index (κ3) is 6.17. The summed E-state index contributed by atoms with van der Waals surface area (Å²) in [5.41, 5.74) is -0.485. The van der Waals surface area contributed by atoms with E-state index < -0.39 is 41.1 Å². The number of aliphatic carboxylic acids is 1. The van der Waals surface area contributed by atoms with Crippen LogP contribution in [0.3, 0.4) is 0 Å². The highest BCUT2D eigenvalue weighted by atomic mass is 35.5. The van der Waals surface area contributed by atoms with Gasteiger partial charge in [-0.05, 0) is 43.9 Å². The summed E-state index contributed by atoms with van der Waals surface area (Å²) in [6.45, 7) is 0.0974. The Morgan fingerprint density at radius 1 is 1.03 bits per heavy atom. The number of halogens is 3. The minimum atomic E-state index is -0.949. The van der Waals surface area contributed by atoms with Crippen molar-refractivity contribution in [1.82, 2.24) is 10.6 Å². The Balaban J connectivity index is 1.50. The molecule has 1 fully saturated rings. The fourth-order valence-electron chi connectivity index (χ4n) is 3.37. The van der Waals surface area contributed by atoms with Gasteiger partial charge >= 0.3 is 5.97 Å². The number of ether oxygens (including phenoxy) is 1. The fourth-order valence-corrected chi connectivity index (χ4v) is 4.33. The molecular weight excluding hydrogens is 466 g/mol. The smallest absolute Gasteiger partial charge is 0.306 e. The van der Waals surface area contributed by atoms with Gasteiger partial charge in [0.25, 0.3) is 11.8 Å². The maximum atomic E-state index is 14.4. The van der Waals surface area contributed by atoms with Crippen LogP contribution >= 0.6 is 22.9 Å². The van der Waals surface area contributed by atoms with Crippen molar-refractivity contribution in [3.05, 3.63) is 50.7 Å². The molecule has 3 rings (SSSR count). The predicted molar refractivity (Wildman–Crippen MR) is 114 cm³/mol. The van der Waals surface area contributed by atoms with Crippen molar-refractivity contribution in [2.75, 3.05) is 13.1 Å². The highest BCUT2D eigenvalue weighted by Gasteiger charge is 2.28. The van der Waals surface area contributed by atoms with E-state index in [9.17, 15) is 23.2 Å². The summed E-state index contributed by atoms with van der Waals surface area (Å²) in [7, 11) is 0. The molecule has 1 aromatic carbocycles. The summed E-state index contributed by atoms with van der Waals surface area (Å²) in [4.78, 5) is 35.5. The molecular formula is C21H21ClF2N2O5S. The highest BCUT2D eigenvalue weighted by Crippen LogP contribution is 2.30. The largest absolute Gasteiger partial charge is 0.487 e. The standard InChI is InChI=1S/C21H21ClF2N2O5S/c22-18-6-5-17(32-18)20(28)26-8-7-25-19(27)13-9-15(24)16(10-14(13)23)31-12-3-1-11(2-4-12)21(29)30/h5-6,9-12H,1-4,7-8H2,(H,25,27)(H,26,28)(H,29,30). The predicted octanol–water partition coefficient (Wildman–Crippen LogP) is 3.86. The zero-order valence-corrected chi connectivity index (χ0v) is 18.4. The molecule has 0 radical (unpaired) electrons. The van der Waals surface area contributed by atoms with Gasteiger partial charge in [-0.2, -0.15) is 0 Å². The van der Waals surface area contributed by atoms with Gasteiger partial charge < -0.3 is 20.5 Å². The zero-order chi connectivity index (χ0) is 23.3. The Hall–Kier alpha value is -2.72. The van der Waals surface area contributed by atoms with E-state index in [0.29, 0.717) is 34.9 Å². The van der Waals surface area contributed by atoms with Crippen molar-refractivity contribution in [2.24, 2.45) is 5.92 Å². The number of rotatable bonds is 8. The van der Waals surface area contributed by atoms with Gasteiger partial charge in [-0.3, -0.25) is 14.4 Å². The van der Waals surface area contributed by atoms with Crippen molar-refractivity contribution in [2.45, 2.75) is 31.8 Å². The molecule has 32 heavy (non-hydrogen) atoms. The Morgan fingerprint density at radius 3 is 2.28 bits per heavy atom. The summed E-state index contributed by atoms with van der Waals surface area (Å²) in [6, 6.07) is 4.74. The maximum absolute atomic E-state index is 14.4. The Labute approximate surface area is 191 Å². The number of carbonyl (C=O) groups excluding carboxylic acids is 2. The van der Waals surface area contributed by atoms with E-state index in [-0.39, 0.29) is 24.7 Å². The van der Waals surface area contributed by atoms with Crippen molar-refractivity contribution in [1.29, 1.82) is 0 Å². The average Bonchev–Trinajstić information content (AvgIpc) is 3.20. The minimum absolute atomic E-state index is 0.00973. The van der Waals surface area contributed by atoms with Crippen LogP contribution in [-0.2, 0) is 4.79 Å². The van der Waals surface area contributed by atoms with E-state index in [1.807, 2.05) is 0 Å². The topological polar surface area (TPSA) is 105 Å². The van der Waals surface area contributed by atoms with E-state index in [1.165, 1.54) is 0 Å². The van der Waals surface area contributed by atoms with Gasteiger partial charge in [-0.1, -0.05) is 11.6 Å². The van der Waals surface area contributed by atoms with Gasteiger partial charge in [0.1, 0.15) is 5.82 Å². The summed E-state index contributed by atoms with van der Waals surface area (Å²) < 4.78 is 34.8. The lowest BCUT2D eigenvalue weighted by Crippen LogP contribution is -2.34. The molecule has 0 bridgehead atoms. The van der Waals surface area contributed by atoms with Crippen molar-refractivity contribution in [3.63, 3.8) is 0 Å². The number of carboxylic acid groups (broad SMARTS) is 1. The number of carboxylic acids is 1. The first-order valence-corrected chi connectivity index (χ1v) is 11.1. The molecule has 2 aromatic rings. The van der Waals surface area contributed by atoms with Crippen molar-refractivity contribution < 1.29 is 33.0 Å². The van der Waals surface area contributed by atoms with Gasteiger partial charge in [0, 0.05) is 19.2 Å². The van der Waals surface area contributed by atoms with Gasteiger partial charge in [-0.25, -0.2) is 8.78 Å². The molecule has 0 saturated heterocycles. The third-order valence-electron chi connectivity index (χ3n) is 5.08. The van der Waals surface area contributed by atoms with Crippen molar-refractivity contribution >= 4 is 40.7 Å².